The maximum absolute atomic E-state index is 13.6. The van der Waals surface area contributed by atoms with Crippen LogP contribution in [0.2, 0.25) is 0 Å². The SMILES string of the molecule is CCOC(=O)c1ccccc1NC(=O)c1c(F)cccc1F. The highest BCUT2D eigenvalue weighted by Gasteiger charge is 2.19. The van der Waals surface area contributed by atoms with Crippen LogP contribution in [0.4, 0.5) is 14.5 Å². The van der Waals surface area contributed by atoms with Gasteiger partial charge >= 0.3 is 5.97 Å². The minimum atomic E-state index is -0.980. The second-order valence-electron chi connectivity index (χ2n) is 4.32. The Morgan fingerprint density at radius 3 is 2.32 bits per heavy atom. The second-order valence-corrected chi connectivity index (χ2v) is 4.32. The third-order valence-corrected chi connectivity index (χ3v) is 2.86. The molecule has 0 aliphatic rings. The number of rotatable bonds is 4. The fourth-order valence-electron chi connectivity index (χ4n) is 1.88. The van der Waals surface area contributed by atoms with Crippen molar-refractivity contribution in [3.05, 3.63) is 65.2 Å². The van der Waals surface area contributed by atoms with Crippen molar-refractivity contribution in [2.75, 3.05) is 11.9 Å². The highest BCUT2D eigenvalue weighted by Crippen LogP contribution is 2.19. The van der Waals surface area contributed by atoms with E-state index in [1.165, 1.54) is 12.1 Å². The monoisotopic (exact) mass is 305 g/mol. The van der Waals surface area contributed by atoms with Crippen LogP contribution in [0.1, 0.15) is 27.6 Å². The van der Waals surface area contributed by atoms with Gasteiger partial charge in [-0.05, 0) is 31.2 Å². The van der Waals surface area contributed by atoms with Gasteiger partial charge in [0.1, 0.15) is 17.2 Å². The molecular weight excluding hydrogens is 292 g/mol. The molecule has 0 saturated heterocycles. The first-order valence-electron chi connectivity index (χ1n) is 6.56. The van der Waals surface area contributed by atoms with Crippen molar-refractivity contribution in [3.8, 4) is 0 Å². The molecule has 0 aliphatic heterocycles. The number of hydrogen-bond donors (Lipinski definition) is 1. The Morgan fingerprint density at radius 2 is 1.68 bits per heavy atom. The van der Waals surface area contributed by atoms with E-state index in [-0.39, 0.29) is 17.9 Å². The topological polar surface area (TPSA) is 55.4 Å². The van der Waals surface area contributed by atoms with Gasteiger partial charge in [-0.2, -0.15) is 0 Å². The van der Waals surface area contributed by atoms with Crippen molar-refractivity contribution in [1.29, 1.82) is 0 Å². The minimum absolute atomic E-state index is 0.106. The van der Waals surface area contributed by atoms with E-state index in [1.807, 2.05) is 0 Å². The number of hydrogen-bond acceptors (Lipinski definition) is 3. The Bertz CT molecular complexity index is 696. The van der Waals surface area contributed by atoms with Crippen LogP contribution in [0.3, 0.4) is 0 Å². The van der Waals surface area contributed by atoms with Crippen LogP contribution in [0, 0.1) is 11.6 Å². The van der Waals surface area contributed by atoms with E-state index in [0.717, 1.165) is 18.2 Å². The molecule has 0 radical (unpaired) electrons. The first-order valence-corrected chi connectivity index (χ1v) is 6.56. The number of ether oxygens (including phenoxy) is 1. The number of esters is 1. The molecule has 0 aromatic heterocycles. The van der Waals surface area contributed by atoms with Gasteiger partial charge in [-0.1, -0.05) is 18.2 Å². The third kappa shape index (κ3) is 3.28. The summed E-state index contributed by atoms with van der Waals surface area (Å²) in [5.74, 6) is -3.57. The van der Waals surface area contributed by atoms with Gasteiger partial charge in [-0.3, -0.25) is 4.79 Å². The highest BCUT2D eigenvalue weighted by molar-refractivity contribution is 6.08. The lowest BCUT2D eigenvalue weighted by atomic mass is 10.1. The van der Waals surface area contributed by atoms with E-state index in [0.29, 0.717) is 0 Å². The van der Waals surface area contributed by atoms with E-state index in [9.17, 15) is 18.4 Å². The average molecular weight is 305 g/mol. The van der Waals surface area contributed by atoms with Gasteiger partial charge in [-0.25, -0.2) is 13.6 Å². The summed E-state index contributed by atoms with van der Waals surface area (Å²) in [4.78, 5) is 23.8. The summed E-state index contributed by atoms with van der Waals surface area (Å²) in [5.41, 5.74) is -0.482. The molecule has 1 N–H and O–H groups in total. The van der Waals surface area contributed by atoms with Gasteiger partial charge in [-0.15, -0.1) is 0 Å². The van der Waals surface area contributed by atoms with Crippen LogP contribution in [0.5, 0.6) is 0 Å². The second kappa shape index (κ2) is 6.80. The molecule has 114 valence electrons. The third-order valence-electron chi connectivity index (χ3n) is 2.86. The van der Waals surface area contributed by atoms with Gasteiger partial charge in [0.15, 0.2) is 0 Å². The summed E-state index contributed by atoms with van der Waals surface area (Å²) in [6.45, 7) is 1.82. The highest BCUT2D eigenvalue weighted by atomic mass is 19.1. The van der Waals surface area contributed by atoms with Crippen LogP contribution in [-0.4, -0.2) is 18.5 Å². The number of nitrogens with one attached hydrogen (secondary N) is 1. The lowest BCUT2D eigenvalue weighted by Gasteiger charge is -2.11. The zero-order valence-corrected chi connectivity index (χ0v) is 11.7. The summed E-state index contributed by atoms with van der Waals surface area (Å²) in [7, 11) is 0. The van der Waals surface area contributed by atoms with Crippen molar-refractivity contribution in [2.45, 2.75) is 6.92 Å². The molecule has 0 atom stereocenters. The maximum Gasteiger partial charge on any atom is 0.340 e. The molecular formula is C16H13F2NO3. The number of benzene rings is 2. The molecule has 22 heavy (non-hydrogen) atoms. The largest absolute Gasteiger partial charge is 0.462 e. The quantitative estimate of drug-likeness (QED) is 0.881. The molecule has 4 nitrogen and oxygen atoms in total. The van der Waals surface area contributed by atoms with Crippen LogP contribution in [0.15, 0.2) is 42.5 Å². The Morgan fingerprint density at radius 1 is 1.05 bits per heavy atom. The lowest BCUT2D eigenvalue weighted by molar-refractivity contribution is 0.0527. The summed E-state index contributed by atoms with van der Waals surface area (Å²) in [6.07, 6.45) is 0. The predicted molar refractivity (Wildman–Crippen MR) is 76.7 cm³/mol. The van der Waals surface area contributed by atoms with Crippen molar-refractivity contribution in [3.63, 3.8) is 0 Å². The van der Waals surface area contributed by atoms with Gasteiger partial charge in [0, 0.05) is 0 Å². The number of amides is 1. The zero-order valence-electron chi connectivity index (χ0n) is 11.7. The maximum atomic E-state index is 13.6. The molecule has 0 fully saturated rings. The molecule has 0 unspecified atom stereocenters. The Hall–Kier alpha value is -2.76. The van der Waals surface area contributed by atoms with E-state index in [4.69, 9.17) is 4.74 Å². The average Bonchev–Trinajstić information content (AvgIpc) is 2.47. The summed E-state index contributed by atoms with van der Waals surface area (Å²) in [6, 6.07) is 9.19. The molecule has 2 rings (SSSR count). The Balaban J connectivity index is 2.31. The first kappa shape index (κ1) is 15.6. The number of halogens is 2. The van der Waals surface area contributed by atoms with E-state index < -0.39 is 29.1 Å². The Labute approximate surface area is 125 Å². The molecule has 2 aromatic carbocycles. The molecule has 1 amide bonds. The first-order chi connectivity index (χ1) is 10.5. The predicted octanol–water partition coefficient (Wildman–Crippen LogP) is 3.39. The minimum Gasteiger partial charge on any atom is -0.462 e. The standard InChI is InChI=1S/C16H13F2NO3/c1-2-22-16(21)10-6-3-4-9-13(10)19-15(20)14-11(17)7-5-8-12(14)18/h3-9H,2H2,1H3,(H,19,20). The fourth-order valence-corrected chi connectivity index (χ4v) is 1.88. The van der Waals surface area contributed by atoms with Crippen molar-refractivity contribution in [1.82, 2.24) is 0 Å². The lowest BCUT2D eigenvalue weighted by Crippen LogP contribution is -2.18. The van der Waals surface area contributed by atoms with Gasteiger partial charge in [0.2, 0.25) is 0 Å². The number of anilines is 1. The molecule has 0 spiro atoms. The molecule has 0 aliphatic carbocycles. The van der Waals surface area contributed by atoms with Crippen molar-refractivity contribution < 1.29 is 23.1 Å². The number of carbonyl (C=O) groups is 2. The Kier molecular flexibility index (Phi) is 4.83. The van der Waals surface area contributed by atoms with E-state index in [2.05, 4.69) is 5.32 Å². The summed E-state index contributed by atoms with van der Waals surface area (Å²) >= 11 is 0. The van der Waals surface area contributed by atoms with Crippen LogP contribution in [0.25, 0.3) is 0 Å². The van der Waals surface area contributed by atoms with Crippen LogP contribution < -0.4 is 5.32 Å². The van der Waals surface area contributed by atoms with Gasteiger partial charge in [0.05, 0.1) is 17.9 Å². The normalized spacial score (nSPS) is 10.1. The zero-order chi connectivity index (χ0) is 16.1. The number of para-hydroxylation sites is 1. The fraction of sp³-hybridized carbons (Fsp3) is 0.125. The van der Waals surface area contributed by atoms with E-state index >= 15 is 0 Å². The smallest absolute Gasteiger partial charge is 0.340 e. The van der Waals surface area contributed by atoms with Crippen LogP contribution in [-0.2, 0) is 4.74 Å². The molecule has 0 bridgehead atoms. The van der Waals surface area contributed by atoms with E-state index in [1.54, 1.807) is 19.1 Å². The molecule has 0 saturated carbocycles. The van der Waals surface area contributed by atoms with Crippen molar-refractivity contribution in [2.24, 2.45) is 0 Å². The van der Waals surface area contributed by atoms with Crippen molar-refractivity contribution >= 4 is 17.6 Å². The molecule has 2 aromatic rings. The molecule has 0 heterocycles. The van der Waals surface area contributed by atoms with Gasteiger partial charge < -0.3 is 10.1 Å². The van der Waals surface area contributed by atoms with Gasteiger partial charge in [0.25, 0.3) is 5.91 Å². The summed E-state index contributed by atoms with van der Waals surface area (Å²) < 4.78 is 32.0. The molecule has 6 heteroatoms. The summed E-state index contributed by atoms with van der Waals surface area (Å²) in [5, 5.41) is 2.33. The number of carbonyl (C=O) groups excluding carboxylic acids is 2. The van der Waals surface area contributed by atoms with Crippen LogP contribution >= 0.6 is 0 Å².